The molecule has 0 saturated heterocycles. The quantitative estimate of drug-likeness (QED) is 0.838. The summed E-state index contributed by atoms with van der Waals surface area (Å²) in [4.78, 5) is 0.0215. The van der Waals surface area contributed by atoms with Gasteiger partial charge in [-0.3, -0.25) is 0 Å². The van der Waals surface area contributed by atoms with Crippen LogP contribution in [0, 0.1) is 5.82 Å². The summed E-state index contributed by atoms with van der Waals surface area (Å²) in [7, 11) is -3.38. The van der Waals surface area contributed by atoms with Crippen molar-refractivity contribution in [2.75, 3.05) is 0 Å². The molecule has 0 N–H and O–H groups in total. The summed E-state index contributed by atoms with van der Waals surface area (Å²) >= 11 is 2.96. The fraction of sp³-hybridized carbons (Fsp3) is 0.400. The maximum atomic E-state index is 13.1. The third kappa shape index (κ3) is 3.01. The van der Waals surface area contributed by atoms with Crippen LogP contribution in [-0.4, -0.2) is 13.7 Å². The van der Waals surface area contributed by atoms with Crippen LogP contribution in [0.5, 0.6) is 0 Å². The van der Waals surface area contributed by atoms with E-state index in [1.165, 1.54) is 12.1 Å². The number of benzene rings is 1. The molecule has 0 aliphatic heterocycles. The van der Waals surface area contributed by atoms with E-state index < -0.39 is 20.9 Å². The van der Waals surface area contributed by atoms with Gasteiger partial charge in [0.25, 0.3) is 0 Å². The lowest BCUT2D eigenvalue weighted by molar-refractivity contribution is 0.582. The van der Waals surface area contributed by atoms with Gasteiger partial charge in [0.2, 0.25) is 0 Å². The largest absolute Gasteiger partial charge is 0.223 e. The first-order chi connectivity index (χ1) is 6.35. The fourth-order valence-electron chi connectivity index (χ4n) is 0.926. The second-order valence-electron chi connectivity index (χ2n) is 3.17. The van der Waals surface area contributed by atoms with E-state index in [1.807, 2.05) is 0 Å². The molecule has 0 unspecified atom stereocenters. The van der Waals surface area contributed by atoms with Crippen molar-refractivity contribution < 1.29 is 12.8 Å². The van der Waals surface area contributed by atoms with Crippen LogP contribution in [0.2, 0.25) is 0 Å². The lowest BCUT2D eigenvalue weighted by atomic mass is 10.3. The Hall–Kier alpha value is -0.420. The van der Waals surface area contributed by atoms with Gasteiger partial charge in [-0.05, 0) is 48.0 Å². The maximum Gasteiger partial charge on any atom is 0.180 e. The molecule has 0 heterocycles. The van der Waals surface area contributed by atoms with Crippen molar-refractivity contribution in [1.82, 2.24) is 0 Å². The van der Waals surface area contributed by atoms with Crippen molar-refractivity contribution in [3.05, 3.63) is 28.5 Å². The summed E-state index contributed by atoms with van der Waals surface area (Å²) in [6, 6.07) is 3.81. The van der Waals surface area contributed by atoms with E-state index in [4.69, 9.17) is 0 Å². The molecular formula is C10H14BrFO2S. The number of rotatable bonds is 2. The molecule has 0 atom stereocenters. The summed E-state index contributed by atoms with van der Waals surface area (Å²) in [6.45, 7) is 3.13. The molecule has 0 saturated carbocycles. The molecule has 0 spiro atoms. The SMILES string of the molecule is C.CC(C)S(=O)(=O)c1ccc(Br)c(F)c1. The number of halogens is 2. The predicted molar refractivity (Wildman–Crippen MR) is 63.2 cm³/mol. The van der Waals surface area contributed by atoms with Gasteiger partial charge in [0.1, 0.15) is 5.82 Å². The average Bonchev–Trinajstić information content (AvgIpc) is 2.09. The highest BCUT2D eigenvalue weighted by molar-refractivity contribution is 9.10. The Morgan fingerprint density at radius 3 is 2.27 bits per heavy atom. The van der Waals surface area contributed by atoms with Crippen molar-refractivity contribution in [2.45, 2.75) is 31.4 Å². The molecular weight excluding hydrogens is 283 g/mol. The van der Waals surface area contributed by atoms with Crippen LogP contribution in [0.1, 0.15) is 21.3 Å². The lowest BCUT2D eigenvalue weighted by Crippen LogP contribution is -2.14. The molecule has 1 rings (SSSR count). The Labute approximate surface area is 98.6 Å². The van der Waals surface area contributed by atoms with E-state index in [2.05, 4.69) is 15.9 Å². The molecule has 2 nitrogen and oxygen atoms in total. The molecule has 0 aliphatic carbocycles. The van der Waals surface area contributed by atoms with E-state index in [1.54, 1.807) is 13.8 Å². The highest BCUT2D eigenvalue weighted by Crippen LogP contribution is 2.21. The van der Waals surface area contributed by atoms with Gasteiger partial charge in [-0.2, -0.15) is 0 Å². The second kappa shape index (κ2) is 5.07. The highest BCUT2D eigenvalue weighted by atomic mass is 79.9. The minimum Gasteiger partial charge on any atom is -0.223 e. The third-order valence-corrected chi connectivity index (χ3v) is 4.64. The summed E-state index contributed by atoms with van der Waals surface area (Å²) < 4.78 is 36.6. The Morgan fingerprint density at radius 2 is 1.87 bits per heavy atom. The van der Waals surface area contributed by atoms with Gasteiger partial charge in [0.15, 0.2) is 9.84 Å². The van der Waals surface area contributed by atoms with Crippen molar-refractivity contribution in [3.63, 3.8) is 0 Å². The molecule has 86 valence electrons. The Morgan fingerprint density at radius 1 is 1.33 bits per heavy atom. The number of hydrogen-bond acceptors (Lipinski definition) is 2. The van der Waals surface area contributed by atoms with Crippen LogP contribution in [0.25, 0.3) is 0 Å². The first-order valence-corrected chi connectivity index (χ1v) is 6.38. The molecule has 0 radical (unpaired) electrons. The van der Waals surface area contributed by atoms with Crippen molar-refractivity contribution >= 4 is 25.8 Å². The van der Waals surface area contributed by atoms with Gasteiger partial charge in [-0.15, -0.1) is 0 Å². The van der Waals surface area contributed by atoms with Gasteiger partial charge in [0, 0.05) is 0 Å². The molecule has 0 aromatic heterocycles. The fourth-order valence-corrected chi connectivity index (χ4v) is 2.24. The normalized spacial score (nSPS) is 11.3. The van der Waals surface area contributed by atoms with Gasteiger partial charge >= 0.3 is 0 Å². The Balaban J connectivity index is 0.00000196. The van der Waals surface area contributed by atoms with Gasteiger partial charge in [-0.1, -0.05) is 7.43 Å². The minimum atomic E-state index is -3.38. The number of sulfone groups is 1. The second-order valence-corrected chi connectivity index (χ2v) is 6.53. The van der Waals surface area contributed by atoms with Crippen LogP contribution in [0.4, 0.5) is 4.39 Å². The van der Waals surface area contributed by atoms with Crippen LogP contribution in [0.15, 0.2) is 27.6 Å². The summed E-state index contributed by atoms with van der Waals surface area (Å²) in [6.07, 6.45) is 0. The Bertz CT molecular complexity index is 441. The van der Waals surface area contributed by atoms with Crippen LogP contribution >= 0.6 is 15.9 Å². The first kappa shape index (κ1) is 14.6. The molecule has 0 fully saturated rings. The monoisotopic (exact) mass is 296 g/mol. The zero-order valence-corrected chi connectivity index (χ0v) is 10.2. The van der Waals surface area contributed by atoms with Gasteiger partial charge in [0.05, 0.1) is 14.6 Å². The lowest BCUT2D eigenvalue weighted by Gasteiger charge is -2.07. The zero-order chi connectivity index (χ0) is 10.9. The maximum absolute atomic E-state index is 13.1. The van der Waals surface area contributed by atoms with Crippen molar-refractivity contribution in [3.8, 4) is 0 Å². The highest BCUT2D eigenvalue weighted by Gasteiger charge is 2.19. The van der Waals surface area contributed by atoms with E-state index in [0.29, 0.717) is 0 Å². The average molecular weight is 297 g/mol. The van der Waals surface area contributed by atoms with Crippen LogP contribution in [0.3, 0.4) is 0 Å². The van der Waals surface area contributed by atoms with E-state index >= 15 is 0 Å². The minimum absolute atomic E-state index is 0. The van der Waals surface area contributed by atoms with Gasteiger partial charge < -0.3 is 0 Å². The standard InChI is InChI=1S/C9H10BrFO2S.CH4/c1-6(2)14(12,13)7-3-4-8(10)9(11)5-7;/h3-6H,1-2H3;1H4. The summed E-state index contributed by atoms with van der Waals surface area (Å²) in [5, 5.41) is -0.539. The third-order valence-electron chi connectivity index (χ3n) is 1.84. The predicted octanol–water partition coefficient (Wildman–Crippen LogP) is 3.41. The molecule has 0 bridgehead atoms. The first-order valence-electron chi connectivity index (χ1n) is 4.04. The van der Waals surface area contributed by atoms with Crippen molar-refractivity contribution in [2.24, 2.45) is 0 Å². The summed E-state index contributed by atoms with van der Waals surface area (Å²) in [5.41, 5.74) is 0. The van der Waals surface area contributed by atoms with Crippen LogP contribution in [-0.2, 0) is 9.84 Å². The van der Waals surface area contributed by atoms with Gasteiger partial charge in [-0.25, -0.2) is 12.8 Å². The van der Waals surface area contributed by atoms with E-state index in [-0.39, 0.29) is 16.8 Å². The van der Waals surface area contributed by atoms with Crippen molar-refractivity contribution in [1.29, 1.82) is 0 Å². The Kier molecular flexibility index (Phi) is 4.93. The molecule has 5 heteroatoms. The molecule has 0 aliphatic rings. The zero-order valence-electron chi connectivity index (χ0n) is 7.79. The number of hydrogen-bond donors (Lipinski definition) is 0. The van der Waals surface area contributed by atoms with E-state index in [9.17, 15) is 12.8 Å². The summed E-state index contributed by atoms with van der Waals surface area (Å²) in [5.74, 6) is -0.563. The molecule has 1 aromatic carbocycles. The molecule has 15 heavy (non-hydrogen) atoms. The molecule has 0 amide bonds. The van der Waals surface area contributed by atoms with E-state index in [0.717, 1.165) is 6.07 Å². The van der Waals surface area contributed by atoms with Crippen LogP contribution < -0.4 is 0 Å². The topological polar surface area (TPSA) is 34.1 Å². The smallest absolute Gasteiger partial charge is 0.180 e. The molecule has 1 aromatic rings.